The molecule has 0 radical (unpaired) electrons. The highest BCUT2D eigenvalue weighted by Crippen LogP contribution is 2.23. The monoisotopic (exact) mass is 308 g/mol. The van der Waals surface area contributed by atoms with Crippen molar-refractivity contribution in [3.8, 4) is 17.0 Å². The molecule has 0 bridgehead atoms. The summed E-state index contributed by atoms with van der Waals surface area (Å²) in [6, 6.07) is 16.6. The molecule has 1 aromatic heterocycles. The lowest BCUT2D eigenvalue weighted by atomic mass is 10.1. The molecule has 5 heteroatoms. The molecule has 0 saturated heterocycles. The fraction of sp³-hybridized carbons (Fsp3) is 0.111. The highest BCUT2D eigenvalue weighted by Gasteiger charge is 2.17. The molecule has 0 aliphatic heterocycles. The van der Waals surface area contributed by atoms with Gasteiger partial charge in [0.05, 0.1) is 6.61 Å². The molecule has 1 amide bonds. The number of anilines is 1. The second-order valence-corrected chi connectivity index (χ2v) is 4.85. The van der Waals surface area contributed by atoms with E-state index in [1.165, 1.54) is 6.26 Å². The quantitative estimate of drug-likeness (QED) is 0.774. The van der Waals surface area contributed by atoms with Gasteiger partial charge in [-0.25, -0.2) is 0 Å². The van der Waals surface area contributed by atoms with Gasteiger partial charge in [-0.05, 0) is 31.2 Å². The maximum atomic E-state index is 12.4. The van der Waals surface area contributed by atoms with Crippen molar-refractivity contribution < 1.29 is 14.1 Å². The Balaban J connectivity index is 1.78. The first-order valence-electron chi connectivity index (χ1n) is 7.32. The van der Waals surface area contributed by atoms with Gasteiger partial charge >= 0.3 is 0 Å². The van der Waals surface area contributed by atoms with Crippen LogP contribution in [0.25, 0.3) is 11.3 Å². The molecule has 0 aliphatic carbocycles. The number of hydrogen-bond donors (Lipinski definition) is 1. The maximum Gasteiger partial charge on any atom is 0.261 e. The van der Waals surface area contributed by atoms with Crippen LogP contribution in [0.1, 0.15) is 17.3 Å². The van der Waals surface area contributed by atoms with Crippen molar-refractivity contribution in [2.24, 2.45) is 0 Å². The highest BCUT2D eigenvalue weighted by molar-refractivity contribution is 6.07. The van der Waals surface area contributed by atoms with Crippen LogP contribution < -0.4 is 10.1 Å². The molecule has 0 saturated carbocycles. The largest absolute Gasteiger partial charge is 0.494 e. The van der Waals surface area contributed by atoms with Crippen LogP contribution in [0.4, 0.5) is 5.69 Å². The predicted molar refractivity (Wildman–Crippen MR) is 87.5 cm³/mol. The van der Waals surface area contributed by atoms with Gasteiger partial charge in [0, 0.05) is 11.3 Å². The number of nitrogens with one attached hydrogen (secondary N) is 1. The summed E-state index contributed by atoms with van der Waals surface area (Å²) in [7, 11) is 0. The van der Waals surface area contributed by atoms with Crippen LogP contribution in [0.2, 0.25) is 0 Å². The van der Waals surface area contributed by atoms with Crippen molar-refractivity contribution in [3.05, 3.63) is 66.4 Å². The summed E-state index contributed by atoms with van der Waals surface area (Å²) >= 11 is 0. The summed E-state index contributed by atoms with van der Waals surface area (Å²) in [4.78, 5) is 12.4. The lowest BCUT2D eigenvalue weighted by molar-refractivity contribution is 0.102. The van der Waals surface area contributed by atoms with Crippen LogP contribution in [0.5, 0.6) is 5.75 Å². The van der Waals surface area contributed by atoms with Gasteiger partial charge in [0.15, 0.2) is 0 Å². The Bertz CT molecular complexity index is 780. The van der Waals surface area contributed by atoms with Crippen molar-refractivity contribution >= 4 is 11.6 Å². The zero-order chi connectivity index (χ0) is 16.1. The fourth-order valence-electron chi connectivity index (χ4n) is 2.20. The van der Waals surface area contributed by atoms with Crippen LogP contribution in [-0.4, -0.2) is 17.7 Å². The summed E-state index contributed by atoms with van der Waals surface area (Å²) < 4.78 is 10.4. The van der Waals surface area contributed by atoms with Crippen LogP contribution in [0.3, 0.4) is 0 Å². The molecule has 5 nitrogen and oxygen atoms in total. The first-order valence-corrected chi connectivity index (χ1v) is 7.32. The molecule has 1 N–H and O–H groups in total. The number of nitrogens with zero attached hydrogens (tertiary/aromatic N) is 1. The molecule has 0 atom stereocenters. The summed E-state index contributed by atoms with van der Waals surface area (Å²) in [5.41, 5.74) is 2.43. The number of carbonyl (C=O) groups is 1. The summed E-state index contributed by atoms with van der Waals surface area (Å²) in [5, 5.41) is 6.76. The third-order valence-electron chi connectivity index (χ3n) is 3.28. The number of ether oxygens (including phenoxy) is 1. The van der Waals surface area contributed by atoms with Gasteiger partial charge in [0.25, 0.3) is 5.91 Å². The fourth-order valence-corrected chi connectivity index (χ4v) is 2.20. The molecule has 23 heavy (non-hydrogen) atoms. The maximum absolute atomic E-state index is 12.4. The van der Waals surface area contributed by atoms with E-state index in [1.54, 1.807) is 12.1 Å². The van der Waals surface area contributed by atoms with Gasteiger partial charge in [-0.3, -0.25) is 4.79 Å². The number of benzene rings is 2. The SMILES string of the molecule is CCOc1ccc(NC(=O)c2conc2-c2ccccc2)cc1. The topological polar surface area (TPSA) is 64.4 Å². The zero-order valence-electron chi connectivity index (χ0n) is 12.7. The molecule has 1 heterocycles. The van der Waals surface area contributed by atoms with Crippen LogP contribution in [0, 0.1) is 0 Å². The smallest absolute Gasteiger partial charge is 0.261 e. The van der Waals surface area contributed by atoms with Gasteiger partial charge in [-0.1, -0.05) is 35.5 Å². The number of amides is 1. The van der Waals surface area contributed by atoms with Crippen molar-refractivity contribution in [2.45, 2.75) is 6.92 Å². The molecule has 0 spiro atoms. The van der Waals surface area contributed by atoms with Crippen LogP contribution in [0.15, 0.2) is 65.4 Å². The van der Waals surface area contributed by atoms with E-state index in [2.05, 4.69) is 10.5 Å². The Labute approximate surface area is 133 Å². The van der Waals surface area contributed by atoms with E-state index in [9.17, 15) is 4.79 Å². The van der Waals surface area contributed by atoms with Crippen molar-refractivity contribution in [1.82, 2.24) is 5.16 Å². The Kier molecular flexibility index (Phi) is 4.38. The average molecular weight is 308 g/mol. The first kappa shape index (κ1) is 14.8. The number of aromatic nitrogens is 1. The molecule has 3 rings (SSSR count). The van der Waals surface area contributed by atoms with E-state index >= 15 is 0 Å². The van der Waals surface area contributed by atoms with E-state index in [1.807, 2.05) is 49.4 Å². The molecular weight excluding hydrogens is 292 g/mol. The number of rotatable bonds is 5. The van der Waals surface area contributed by atoms with Gasteiger partial charge in [-0.2, -0.15) is 0 Å². The number of carbonyl (C=O) groups excluding carboxylic acids is 1. The second kappa shape index (κ2) is 6.79. The molecule has 2 aromatic carbocycles. The minimum Gasteiger partial charge on any atom is -0.494 e. The predicted octanol–water partition coefficient (Wildman–Crippen LogP) is 3.99. The van der Waals surface area contributed by atoms with Crippen molar-refractivity contribution in [2.75, 3.05) is 11.9 Å². The van der Waals surface area contributed by atoms with Gasteiger partial charge in [0.1, 0.15) is 23.3 Å². The lowest BCUT2D eigenvalue weighted by Crippen LogP contribution is -2.12. The third-order valence-corrected chi connectivity index (χ3v) is 3.28. The highest BCUT2D eigenvalue weighted by atomic mass is 16.5. The first-order chi connectivity index (χ1) is 11.3. The Hall–Kier alpha value is -3.08. The van der Waals surface area contributed by atoms with Gasteiger partial charge in [-0.15, -0.1) is 0 Å². The van der Waals surface area contributed by atoms with E-state index in [4.69, 9.17) is 9.26 Å². The minimum absolute atomic E-state index is 0.269. The summed E-state index contributed by atoms with van der Waals surface area (Å²) in [6.07, 6.45) is 1.35. The van der Waals surface area contributed by atoms with Crippen LogP contribution >= 0.6 is 0 Å². The van der Waals surface area contributed by atoms with E-state index in [0.29, 0.717) is 23.6 Å². The Morgan fingerprint density at radius 1 is 1.13 bits per heavy atom. The van der Waals surface area contributed by atoms with E-state index in [-0.39, 0.29) is 5.91 Å². The molecule has 3 aromatic rings. The van der Waals surface area contributed by atoms with Gasteiger partial charge < -0.3 is 14.6 Å². The van der Waals surface area contributed by atoms with Crippen molar-refractivity contribution in [3.63, 3.8) is 0 Å². The third kappa shape index (κ3) is 3.40. The molecule has 0 aliphatic rings. The van der Waals surface area contributed by atoms with E-state index < -0.39 is 0 Å². The Morgan fingerprint density at radius 3 is 2.57 bits per heavy atom. The Morgan fingerprint density at radius 2 is 1.87 bits per heavy atom. The summed E-state index contributed by atoms with van der Waals surface area (Å²) in [5.74, 6) is 0.495. The summed E-state index contributed by atoms with van der Waals surface area (Å²) in [6.45, 7) is 2.53. The second-order valence-electron chi connectivity index (χ2n) is 4.85. The minimum atomic E-state index is -0.269. The van der Waals surface area contributed by atoms with E-state index in [0.717, 1.165) is 11.3 Å². The van der Waals surface area contributed by atoms with Gasteiger partial charge in [0.2, 0.25) is 0 Å². The van der Waals surface area contributed by atoms with Crippen LogP contribution in [-0.2, 0) is 0 Å². The average Bonchev–Trinajstić information content (AvgIpc) is 3.07. The molecular formula is C18H16N2O3. The molecule has 116 valence electrons. The standard InChI is InChI=1S/C18H16N2O3/c1-2-22-15-10-8-14(9-11-15)19-18(21)16-12-23-20-17(16)13-6-4-3-5-7-13/h3-12H,2H2,1H3,(H,19,21). The number of hydrogen-bond acceptors (Lipinski definition) is 4. The normalized spacial score (nSPS) is 10.3. The zero-order valence-corrected chi connectivity index (χ0v) is 12.7. The molecule has 0 unspecified atom stereocenters. The van der Waals surface area contributed by atoms with Crippen molar-refractivity contribution in [1.29, 1.82) is 0 Å². The lowest BCUT2D eigenvalue weighted by Gasteiger charge is -2.07. The molecule has 0 fully saturated rings.